The Morgan fingerprint density at radius 2 is 2.00 bits per heavy atom. The molecular weight excluding hydrogens is 260 g/mol. The van der Waals surface area contributed by atoms with E-state index in [-0.39, 0.29) is 11.5 Å². The van der Waals surface area contributed by atoms with Crippen LogP contribution in [0.25, 0.3) is 0 Å². The van der Waals surface area contributed by atoms with Gasteiger partial charge in [0.15, 0.2) is 0 Å². The number of nitrogens with one attached hydrogen (secondary N) is 2. The predicted molar refractivity (Wildman–Crippen MR) is 72.5 cm³/mol. The van der Waals surface area contributed by atoms with Crippen molar-refractivity contribution in [3.05, 3.63) is 11.8 Å². The van der Waals surface area contributed by atoms with Crippen molar-refractivity contribution in [2.45, 2.75) is 19.9 Å². The molecule has 0 spiro atoms. The molecule has 0 radical (unpaired) electrons. The van der Waals surface area contributed by atoms with E-state index in [4.69, 9.17) is 10.4 Å². The van der Waals surface area contributed by atoms with E-state index in [2.05, 4.69) is 10.6 Å². The van der Waals surface area contributed by atoms with Crippen LogP contribution in [-0.4, -0.2) is 54.1 Å². The second-order valence-electron chi connectivity index (χ2n) is 4.97. The molecule has 20 heavy (non-hydrogen) atoms. The fourth-order valence-corrected chi connectivity index (χ4v) is 1.86. The van der Waals surface area contributed by atoms with Crippen LogP contribution in [0.5, 0.6) is 0 Å². The monoisotopic (exact) mass is 280 g/mol. The first-order chi connectivity index (χ1) is 9.45. The maximum atomic E-state index is 12.0. The molecule has 1 atom stereocenters. The van der Waals surface area contributed by atoms with E-state index in [9.17, 15) is 9.59 Å². The Morgan fingerprint density at radius 1 is 1.40 bits per heavy atom. The summed E-state index contributed by atoms with van der Waals surface area (Å²) in [4.78, 5) is 24.9. The van der Waals surface area contributed by atoms with E-state index in [0.717, 1.165) is 13.1 Å². The van der Waals surface area contributed by atoms with Crippen molar-refractivity contribution >= 4 is 11.9 Å². The topological polar surface area (TPSA) is 105 Å². The normalized spacial score (nSPS) is 17.5. The molecule has 3 N–H and O–H groups in total. The molecule has 0 saturated carbocycles. The van der Waals surface area contributed by atoms with Gasteiger partial charge in [0, 0.05) is 32.4 Å². The fraction of sp³-hybridized carbons (Fsp3) is 0.615. The van der Waals surface area contributed by atoms with Gasteiger partial charge in [-0.25, -0.2) is 4.79 Å². The minimum absolute atomic E-state index is 0.0706. The molecule has 1 rings (SSSR count). The quantitative estimate of drug-likeness (QED) is 0.464. The molecule has 7 nitrogen and oxygen atoms in total. The zero-order chi connectivity index (χ0) is 15.1. The van der Waals surface area contributed by atoms with Crippen LogP contribution in [0.2, 0.25) is 0 Å². The first-order valence-corrected chi connectivity index (χ1v) is 6.56. The number of carbonyl (C=O) groups excluding carboxylic acids is 1. The summed E-state index contributed by atoms with van der Waals surface area (Å²) in [5.74, 6) is -2.00. The Hall–Kier alpha value is -2.07. The van der Waals surface area contributed by atoms with Gasteiger partial charge in [0.2, 0.25) is 0 Å². The largest absolute Gasteiger partial charge is 0.480 e. The van der Waals surface area contributed by atoms with Crippen LogP contribution in [0.15, 0.2) is 11.8 Å². The van der Waals surface area contributed by atoms with Gasteiger partial charge >= 0.3 is 5.97 Å². The van der Waals surface area contributed by atoms with E-state index >= 15 is 0 Å². The minimum atomic E-state index is -1.10. The van der Waals surface area contributed by atoms with Gasteiger partial charge in [-0.2, -0.15) is 5.26 Å². The van der Waals surface area contributed by atoms with Crippen LogP contribution in [-0.2, 0) is 9.59 Å². The van der Waals surface area contributed by atoms with E-state index in [1.54, 1.807) is 13.8 Å². The van der Waals surface area contributed by atoms with Crippen LogP contribution < -0.4 is 10.6 Å². The molecule has 1 saturated heterocycles. The molecular formula is C13H20N4O3. The fourth-order valence-electron chi connectivity index (χ4n) is 1.86. The van der Waals surface area contributed by atoms with Crippen LogP contribution >= 0.6 is 0 Å². The van der Waals surface area contributed by atoms with Crippen LogP contribution in [0.1, 0.15) is 13.8 Å². The minimum Gasteiger partial charge on any atom is -0.480 e. The summed E-state index contributed by atoms with van der Waals surface area (Å²) >= 11 is 0. The van der Waals surface area contributed by atoms with Crippen molar-refractivity contribution in [3.63, 3.8) is 0 Å². The zero-order valence-corrected chi connectivity index (χ0v) is 11.7. The Bertz CT molecular complexity index is 433. The number of nitriles is 1. The number of carboxylic acids is 1. The van der Waals surface area contributed by atoms with Gasteiger partial charge in [0.25, 0.3) is 5.91 Å². The Kier molecular flexibility index (Phi) is 6.00. The van der Waals surface area contributed by atoms with Gasteiger partial charge in [-0.05, 0) is 5.92 Å². The maximum absolute atomic E-state index is 12.0. The number of aliphatic carboxylic acids is 1. The van der Waals surface area contributed by atoms with E-state index < -0.39 is 17.9 Å². The smallest absolute Gasteiger partial charge is 0.326 e. The highest BCUT2D eigenvalue weighted by molar-refractivity contribution is 5.99. The lowest BCUT2D eigenvalue weighted by Crippen LogP contribution is -2.45. The lowest BCUT2D eigenvalue weighted by molar-refractivity contribution is -0.142. The van der Waals surface area contributed by atoms with Gasteiger partial charge < -0.3 is 20.6 Å². The molecule has 0 aromatic carbocycles. The van der Waals surface area contributed by atoms with Gasteiger partial charge in [-0.3, -0.25) is 4.79 Å². The summed E-state index contributed by atoms with van der Waals surface area (Å²) in [5, 5.41) is 23.6. The number of rotatable bonds is 5. The molecule has 1 aliphatic rings. The maximum Gasteiger partial charge on any atom is 0.326 e. The number of hydrogen-bond acceptors (Lipinski definition) is 5. The van der Waals surface area contributed by atoms with Crippen molar-refractivity contribution in [2.24, 2.45) is 5.92 Å². The summed E-state index contributed by atoms with van der Waals surface area (Å²) in [6.07, 6.45) is 1.50. The van der Waals surface area contributed by atoms with Crippen LogP contribution in [0, 0.1) is 17.2 Å². The lowest BCUT2D eigenvalue weighted by atomic mass is 10.0. The average molecular weight is 280 g/mol. The van der Waals surface area contributed by atoms with E-state index in [0.29, 0.717) is 13.1 Å². The summed E-state index contributed by atoms with van der Waals surface area (Å²) in [6.45, 7) is 6.41. The SMILES string of the molecule is CC(C)C(NC(=O)/C(C#N)=C\N1CCNCC1)C(=O)O. The van der Waals surface area contributed by atoms with Gasteiger partial charge in [0.1, 0.15) is 17.7 Å². The van der Waals surface area contributed by atoms with Crippen molar-refractivity contribution in [3.8, 4) is 6.07 Å². The average Bonchev–Trinajstić information content (AvgIpc) is 2.42. The Morgan fingerprint density at radius 3 is 2.45 bits per heavy atom. The van der Waals surface area contributed by atoms with Crippen molar-refractivity contribution in [2.75, 3.05) is 26.2 Å². The molecule has 0 aromatic rings. The van der Waals surface area contributed by atoms with Crippen molar-refractivity contribution in [1.82, 2.24) is 15.5 Å². The number of carboxylic acid groups (broad SMARTS) is 1. The second kappa shape index (κ2) is 7.50. The van der Waals surface area contributed by atoms with E-state index in [1.807, 2.05) is 11.0 Å². The molecule has 1 unspecified atom stereocenters. The third kappa shape index (κ3) is 4.55. The van der Waals surface area contributed by atoms with Crippen LogP contribution in [0.4, 0.5) is 0 Å². The third-order valence-electron chi connectivity index (χ3n) is 3.05. The van der Waals surface area contributed by atoms with Gasteiger partial charge in [-0.1, -0.05) is 13.8 Å². The number of piperazine rings is 1. The number of nitrogens with zero attached hydrogens (tertiary/aromatic N) is 2. The molecule has 1 amide bonds. The molecule has 0 aromatic heterocycles. The highest BCUT2D eigenvalue weighted by Gasteiger charge is 2.25. The third-order valence-corrected chi connectivity index (χ3v) is 3.05. The van der Waals surface area contributed by atoms with Crippen molar-refractivity contribution in [1.29, 1.82) is 5.26 Å². The summed E-state index contributed by atoms with van der Waals surface area (Å²) in [6, 6.07) is 0.829. The second-order valence-corrected chi connectivity index (χ2v) is 4.97. The lowest BCUT2D eigenvalue weighted by Gasteiger charge is -2.26. The van der Waals surface area contributed by atoms with Gasteiger partial charge in [-0.15, -0.1) is 0 Å². The Labute approximate surface area is 118 Å². The summed E-state index contributed by atoms with van der Waals surface area (Å²) in [5.41, 5.74) is -0.0706. The van der Waals surface area contributed by atoms with Crippen molar-refractivity contribution < 1.29 is 14.7 Å². The molecule has 7 heteroatoms. The first-order valence-electron chi connectivity index (χ1n) is 6.56. The highest BCUT2D eigenvalue weighted by Crippen LogP contribution is 2.05. The summed E-state index contributed by atoms with van der Waals surface area (Å²) in [7, 11) is 0. The standard InChI is InChI=1S/C13H20N4O3/c1-9(2)11(13(19)20)16-12(18)10(7-14)8-17-5-3-15-4-6-17/h8-9,11,15H,3-6H2,1-2H3,(H,16,18)(H,19,20)/b10-8-. The molecule has 1 fully saturated rings. The number of amides is 1. The van der Waals surface area contributed by atoms with Gasteiger partial charge in [0.05, 0.1) is 0 Å². The molecule has 1 heterocycles. The zero-order valence-electron chi connectivity index (χ0n) is 11.7. The first kappa shape index (κ1) is 16.0. The number of hydrogen-bond donors (Lipinski definition) is 3. The van der Waals surface area contributed by atoms with E-state index in [1.165, 1.54) is 6.20 Å². The predicted octanol–water partition coefficient (Wildman–Crippen LogP) is -0.476. The Balaban J connectivity index is 2.73. The highest BCUT2D eigenvalue weighted by atomic mass is 16.4. The van der Waals surface area contributed by atoms with Crippen LogP contribution in [0.3, 0.4) is 0 Å². The number of carbonyl (C=O) groups is 2. The molecule has 0 bridgehead atoms. The molecule has 110 valence electrons. The molecule has 0 aliphatic carbocycles. The summed E-state index contributed by atoms with van der Waals surface area (Å²) < 4.78 is 0. The molecule has 1 aliphatic heterocycles.